The summed E-state index contributed by atoms with van der Waals surface area (Å²) >= 11 is 1.65. The number of carbonyl (C=O) groups is 1. The van der Waals surface area contributed by atoms with Crippen LogP contribution in [0.4, 0.5) is 0 Å². The number of hydrogen-bond donors (Lipinski definition) is 1. The van der Waals surface area contributed by atoms with Gasteiger partial charge in [-0.2, -0.15) is 16.9 Å². The van der Waals surface area contributed by atoms with E-state index in [1.165, 1.54) is 11.3 Å². The van der Waals surface area contributed by atoms with Gasteiger partial charge in [0.15, 0.2) is 0 Å². The Labute approximate surface area is 114 Å². The topological polar surface area (TPSA) is 46.9 Å². The second-order valence-electron chi connectivity index (χ2n) is 4.36. The Kier molecular flexibility index (Phi) is 6.25. The van der Waals surface area contributed by atoms with Gasteiger partial charge in [-0.3, -0.25) is 9.48 Å². The normalized spacial score (nSPS) is 10.7. The fourth-order valence-electron chi connectivity index (χ4n) is 1.71. The van der Waals surface area contributed by atoms with E-state index in [-0.39, 0.29) is 5.91 Å². The minimum absolute atomic E-state index is 0.131. The van der Waals surface area contributed by atoms with Crippen LogP contribution in [0.5, 0.6) is 0 Å². The van der Waals surface area contributed by atoms with E-state index in [1.807, 2.05) is 11.6 Å². The quantitative estimate of drug-likeness (QED) is 0.771. The predicted molar refractivity (Wildman–Crippen MR) is 77.1 cm³/mol. The molecule has 0 aliphatic rings. The number of rotatable bonds is 7. The molecular weight excluding hydrogens is 246 g/mol. The summed E-state index contributed by atoms with van der Waals surface area (Å²) in [5.74, 6) is 1.68. The largest absolute Gasteiger partial charge is 0.355 e. The zero-order chi connectivity index (χ0) is 13.5. The van der Waals surface area contributed by atoms with Crippen LogP contribution in [0.15, 0.2) is 0 Å². The minimum atomic E-state index is 0.131. The van der Waals surface area contributed by atoms with E-state index in [9.17, 15) is 4.79 Å². The number of thioether (sulfide) groups is 1. The summed E-state index contributed by atoms with van der Waals surface area (Å²) in [7, 11) is 0. The summed E-state index contributed by atoms with van der Waals surface area (Å²) in [4.78, 5) is 11.4. The van der Waals surface area contributed by atoms with Crippen molar-refractivity contribution in [1.29, 1.82) is 0 Å². The van der Waals surface area contributed by atoms with Gasteiger partial charge in [0.25, 0.3) is 0 Å². The molecule has 0 saturated carbocycles. The molecule has 102 valence electrons. The molecule has 0 fully saturated rings. The highest BCUT2D eigenvalue weighted by Crippen LogP contribution is 2.10. The molecule has 5 heteroatoms. The van der Waals surface area contributed by atoms with Gasteiger partial charge in [0, 0.05) is 18.8 Å². The van der Waals surface area contributed by atoms with Gasteiger partial charge in [-0.15, -0.1) is 0 Å². The first-order valence-corrected chi connectivity index (χ1v) is 7.56. The first-order chi connectivity index (χ1) is 8.56. The predicted octanol–water partition coefficient (Wildman–Crippen LogP) is 2.07. The maximum Gasteiger partial charge on any atom is 0.229 e. The van der Waals surface area contributed by atoms with Crippen molar-refractivity contribution in [2.45, 2.75) is 40.7 Å². The molecule has 0 bridgehead atoms. The van der Waals surface area contributed by atoms with Crippen molar-refractivity contribution in [3.05, 3.63) is 17.0 Å². The standard InChI is InChI=1S/C13H23N3OS/c1-5-18-9-13(17)14-7-6-8-16-12(4)10(2)11(3)15-16/h5-9H2,1-4H3,(H,14,17). The van der Waals surface area contributed by atoms with Crippen LogP contribution in [0.25, 0.3) is 0 Å². The van der Waals surface area contributed by atoms with Gasteiger partial charge in [0.2, 0.25) is 5.91 Å². The molecular formula is C13H23N3OS. The Morgan fingerprint density at radius 1 is 1.39 bits per heavy atom. The van der Waals surface area contributed by atoms with E-state index >= 15 is 0 Å². The fourth-order valence-corrected chi connectivity index (χ4v) is 2.20. The lowest BCUT2D eigenvalue weighted by atomic mass is 10.2. The second kappa shape index (κ2) is 7.46. The summed E-state index contributed by atoms with van der Waals surface area (Å²) in [6.45, 7) is 9.86. The maximum atomic E-state index is 11.4. The Hall–Kier alpha value is -0.970. The monoisotopic (exact) mass is 269 g/mol. The van der Waals surface area contributed by atoms with Crippen LogP contribution in [-0.4, -0.2) is 33.7 Å². The summed E-state index contributed by atoms with van der Waals surface area (Å²) in [5, 5.41) is 7.40. The van der Waals surface area contributed by atoms with Gasteiger partial charge in [0.05, 0.1) is 11.4 Å². The number of aryl methyl sites for hydroxylation is 2. The van der Waals surface area contributed by atoms with Gasteiger partial charge in [-0.05, 0) is 38.5 Å². The molecule has 0 saturated heterocycles. The molecule has 0 radical (unpaired) electrons. The Morgan fingerprint density at radius 2 is 2.11 bits per heavy atom. The van der Waals surface area contributed by atoms with E-state index in [0.29, 0.717) is 5.75 Å². The van der Waals surface area contributed by atoms with E-state index in [4.69, 9.17) is 0 Å². The Balaban J connectivity index is 2.25. The number of nitrogens with zero attached hydrogens (tertiary/aromatic N) is 2. The molecule has 0 aliphatic heterocycles. The van der Waals surface area contributed by atoms with Crippen molar-refractivity contribution in [2.75, 3.05) is 18.1 Å². The Bertz CT molecular complexity index is 401. The highest BCUT2D eigenvalue weighted by Gasteiger charge is 2.06. The van der Waals surface area contributed by atoms with Crippen LogP contribution < -0.4 is 5.32 Å². The molecule has 1 amide bonds. The fraction of sp³-hybridized carbons (Fsp3) is 0.692. The molecule has 1 heterocycles. The van der Waals surface area contributed by atoms with Crippen molar-refractivity contribution >= 4 is 17.7 Å². The van der Waals surface area contributed by atoms with Crippen LogP contribution in [0.2, 0.25) is 0 Å². The lowest BCUT2D eigenvalue weighted by Crippen LogP contribution is -2.27. The SMILES string of the molecule is CCSCC(=O)NCCCn1nc(C)c(C)c1C. The third-order valence-corrected chi connectivity index (χ3v) is 3.92. The van der Waals surface area contributed by atoms with Gasteiger partial charge >= 0.3 is 0 Å². The molecule has 0 aliphatic carbocycles. The third kappa shape index (κ3) is 4.37. The molecule has 1 aromatic rings. The molecule has 0 aromatic carbocycles. The van der Waals surface area contributed by atoms with Crippen LogP contribution in [-0.2, 0) is 11.3 Å². The molecule has 0 atom stereocenters. The second-order valence-corrected chi connectivity index (χ2v) is 5.63. The van der Waals surface area contributed by atoms with Crippen LogP contribution >= 0.6 is 11.8 Å². The van der Waals surface area contributed by atoms with Gasteiger partial charge < -0.3 is 5.32 Å². The number of carbonyl (C=O) groups excluding carboxylic acids is 1. The average molecular weight is 269 g/mol. The van der Waals surface area contributed by atoms with Gasteiger partial charge in [0.1, 0.15) is 0 Å². The molecule has 4 nitrogen and oxygen atoms in total. The zero-order valence-corrected chi connectivity index (χ0v) is 12.6. The molecule has 18 heavy (non-hydrogen) atoms. The number of hydrogen-bond acceptors (Lipinski definition) is 3. The lowest BCUT2D eigenvalue weighted by Gasteiger charge is -2.06. The summed E-state index contributed by atoms with van der Waals surface area (Å²) < 4.78 is 2.03. The molecule has 0 unspecified atom stereocenters. The van der Waals surface area contributed by atoms with E-state index < -0.39 is 0 Å². The molecule has 1 N–H and O–H groups in total. The van der Waals surface area contributed by atoms with Crippen LogP contribution in [0.3, 0.4) is 0 Å². The average Bonchev–Trinajstić information content (AvgIpc) is 2.60. The maximum absolute atomic E-state index is 11.4. The van der Waals surface area contributed by atoms with Crippen molar-refractivity contribution in [3.63, 3.8) is 0 Å². The van der Waals surface area contributed by atoms with E-state index in [0.717, 1.165) is 31.0 Å². The minimum Gasteiger partial charge on any atom is -0.355 e. The Morgan fingerprint density at radius 3 is 2.67 bits per heavy atom. The van der Waals surface area contributed by atoms with Crippen molar-refractivity contribution in [2.24, 2.45) is 0 Å². The number of amides is 1. The smallest absolute Gasteiger partial charge is 0.229 e. The van der Waals surface area contributed by atoms with E-state index in [1.54, 1.807) is 11.8 Å². The van der Waals surface area contributed by atoms with Crippen LogP contribution in [0, 0.1) is 20.8 Å². The molecule has 0 spiro atoms. The van der Waals surface area contributed by atoms with Crippen molar-refractivity contribution in [1.82, 2.24) is 15.1 Å². The van der Waals surface area contributed by atoms with Gasteiger partial charge in [-0.25, -0.2) is 0 Å². The summed E-state index contributed by atoms with van der Waals surface area (Å²) in [6, 6.07) is 0. The first-order valence-electron chi connectivity index (χ1n) is 6.41. The highest BCUT2D eigenvalue weighted by atomic mass is 32.2. The molecule has 1 rings (SSSR count). The zero-order valence-electron chi connectivity index (χ0n) is 11.7. The molecule has 1 aromatic heterocycles. The van der Waals surface area contributed by atoms with E-state index in [2.05, 4.69) is 31.2 Å². The first kappa shape index (κ1) is 15.1. The number of aromatic nitrogens is 2. The van der Waals surface area contributed by atoms with Gasteiger partial charge in [-0.1, -0.05) is 6.92 Å². The highest BCUT2D eigenvalue weighted by molar-refractivity contribution is 7.99. The van der Waals surface area contributed by atoms with Crippen molar-refractivity contribution in [3.8, 4) is 0 Å². The van der Waals surface area contributed by atoms with Crippen molar-refractivity contribution < 1.29 is 4.79 Å². The summed E-state index contributed by atoms with van der Waals surface area (Å²) in [6.07, 6.45) is 0.921. The number of nitrogens with one attached hydrogen (secondary N) is 1. The van der Waals surface area contributed by atoms with Crippen LogP contribution in [0.1, 0.15) is 30.3 Å². The third-order valence-electron chi connectivity index (χ3n) is 3.05. The summed E-state index contributed by atoms with van der Waals surface area (Å²) in [5.41, 5.74) is 3.58. The lowest BCUT2D eigenvalue weighted by molar-refractivity contribution is -0.118.